The highest BCUT2D eigenvalue weighted by Gasteiger charge is 2.04. The first-order valence-electron chi connectivity index (χ1n) is 3.77. The van der Waals surface area contributed by atoms with E-state index >= 15 is 0 Å². The molecule has 1 aromatic rings. The van der Waals surface area contributed by atoms with Gasteiger partial charge in [-0.3, -0.25) is 4.90 Å². The molecule has 0 aliphatic carbocycles. The van der Waals surface area contributed by atoms with Gasteiger partial charge in [0.1, 0.15) is 0 Å². The first kappa shape index (κ1) is 8.20. The van der Waals surface area contributed by atoms with Gasteiger partial charge in [-0.15, -0.1) is 10.2 Å². The van der Waals surface area contributed by atoms with Gasteiger partial charge in [-0.25, -0.2) is 0 Å². The molecule has 11 heavy (non-hydrogen) atoms. The van der Waals surface area contributed by atoms with Gasteiger partial charge < -0.3 is 4.42 Å². The maximum Gasteiger partial charge on any atom is 0.305 e. The normalized spacial score (nSPS) is 10.8. The molecule has 0 atom stereocenters. The summed E-state index contributed by atoms with van der Waals surface area (Å²) in [6.07, 6.45) is 2.32. The van der Waals surface area contributed by atoms with Crippen molar-refractivity contribution in [3.8, 4) is 0 Å². The SMILES string of the molecule is CCN(CC)Cc1nn[c]o1. The zero-order valence-corrected chi connectivity index (χ0v) is 6.87. The second kappa shape index (κ2) is 4.08. The van der Waals surface area contributed by atoms with E-state index in [9.17, 15) is 0 Å². The Morgan fingerprint density at radius 2 is 2.18 bits per heavy atom. The van der Waals surface area contributed by atoms with Crippen LogP contribution in [0.4, 0.5) is 0 Å². The number of aromatic nitrogens is 2. The lowest BCUT2D eigenvalue weighted by Crippen LogP contribution is -2.22. The molecule has 0 spiro atoms. The van der Waals surface area contributed by atoms with Crippen LogP contribution in [-0.4, -0.2) is 28.2 Å². The molecule has 0 aliphatic rings. The Labute approximate surface area is 66.2 Å². The van der Waals surface area contributed by atoms with Crippen LogP contribution in [-0.2, 0) is 6.54 Å². The summed E-state index contributed by atoms with van der Waals surface area (Å²) in [4.78, 5) is 2.20. The number of hydrogen-bond acceptors (Lipinski definition) is 4. The Kier molecular flexibility index (Phi) is 3.04. The molecular formula is C7H12N3O. The molecule has 0 saturated carbocycles. The van der Waals surface area contributed by atoms with Gasteiger partial charge in [0, 0.05) is 0 Å². The minimum absolute atomic E-state index is 0.633. The molecule has 0 unspecified atom stereocenters. The first-order chi connectivity index (χ1) is 5.36. The lowest BCUT2D eigenvalue weighted by Gasteiger charge is -2.14. The van der Waals surface area contributed by atoms with Gasteiger partial charge in [0.05, 0.1) is 6.54 Å². The second-order valence-corrected chi connectivity index (χ2v) is 2.25. The average Bonchev–Trinajstić information content (AvgIpc) is 2.52. The first-order valence-corrected chi connectivity index (χ1v) is 3.77. The van der Waals surface area contributed by atoms with Crippen LogP contribution in [0.3, 0.4) is 0 Å². The van der Waals surface area contributed by atoms with E-state index in [1.165, 1.54) is 0 Å². The third kappa shape index (κ3) is 2.31. The third-order valence-electron chi connectivity index (χ3n) is 1.62. The van der Waals surface area contributed by atoms with Crippen molar-refractivity contribution in [1.29, 1.82) is 0 Å². The van der Waals surface area contributed by atoms with E-state index in [0.29, 0.717) is 5.89 Å². The maximum atomic E-state index is 4.88. The fraction of sp³-hybridized carbons (Fsp3) is 0.714. The molecule has 4 nitrogen and oxygen atoms in total. The molecule has 4 heteroatoms. The molecule has 1 rings (SSSR count). The van der Waals surface area contributed by atoms with Crippen molar-refractivity contribution in [2.24, 2.45) is 0 Å². The smallest absolute Gasteiger partial charge is 0.305 e. The summed E-state index contributed by atoms with van der Waals surface area (Å²) in [7, 11) is 0. The quantitative estimate of drug-likeness (QED) is 0.640. The summed E-state index contributed by atoms with van der Waals surface area (Å²) in [6, 6.07) is 0. The standard InChI is InChI=1S/C7H12N3O/c1-3-10(4-2)5-7-9-8-6-11-7/h3-5H2,1-2H3. The molecule has 0 amide bonds. The molecule has 1 aromatic heterocycles. The highest BCUT2D eigenvalue weighted by Crippen LogP contribution is 1.97. The van der Waals surface area contributed by atoms with E-state index < -0.39 is 0 Å². The zero-order valence-electron chi connectivity index (χ0n) is 6.87. The van der Waals surface area contributed by atoms with Gasteiger partial charge in [-0.2, -0.15) is 0 Å². The molecule has 0 aliphatic heterocycles. The monoisotopic (exact) mass is 154 g/mol. The van der Waals surface area contributed by atoms with Crippen LogP contribution in [0.5, 0.6) is 0 Å². The molecule has 0 aromatic carbocycles. The van der Waals surface area contributed by atoms with Crippen LogP contribution >= 0.6 is 0 Å². The summed E-state index contributed by atoms with van der Waals surface area (Å²) in [5, 5.41) is 7.21. The highest BCUT2D eigenvalue weighted by molar-refractivity contribution is 4.71. The van der Waals surface area contributed by atoms with Crippen LogP contribution in [0.2, 0.25) is 0 Å². The van der Waals surface area contributed by atoms with Crippen LogP contribution in [0.1, 0.15) is 19.7 Å². The molecule has 61 valence electrons. The third-order valence-corrected chi connectivity index (χ3v) is 1.62. The largest absolute Gasteiger partial charge is 0.416 e. The lowest BCUT2D eigenvalue weighted by atomic mass is 10.5. The van der Waals surface area contributed by atoms with E-state index in [4.69, 9.17) is 4.42 Å². The predicted molar refractivity (Wildman–Crippen MR) is 39.8 cm³/mol. The maximum absolute atomic E-state index is 4.88. The van der Waals surface area contributed by atoms with Crippen molar-refractivity contribution in [3.05, 3.63) is 12.3 Å². The summed E-state index contributed by atoms with van der Waals surface area (Å²) in [6.45, 7) is 6.93. The van der Waals surface area contributed by atoms with Crippen LogP contribution in [0.15, 0.2) is 4.42 Å². The van der Waals surface area contributed by atoms with E-state index in [1.54, 1.807) is 0 Å². The molecule has 1 heterocycles. The van der Waals surface area contributed by atoms with E-state index in [-0.39, 0.29) is 0 Å². The van der Waals surface area contributed by atoms with Gasteiger partial charge in [0.25, 0.3) is 0 Å². The van der Waals surface area contributed by atoms with Crippen LogP contribution in [0, 0.1) is 6.39 Å². The predicted octanol–water partition coefficient (Wildman–Crippen LogP) is 0.712. The fourth-order valence-corrected chi connectivity index (χ4v) is 0.872. The minimum atomic E-state index is 0.633. The van der Waals surface area contributed by atoms with E-state index in [0.717, 1.165) is 19.6 Å². The number of rotatable bonds is 4. The van der Waals surface area contributed by atoms with E-state index in [2.05, 4.69) is 35.3 Å². The Morgan fingerprint density at radius 1 is 1.45 bits per heavy atom. The number of nitrogens with zero attached hydrogens (tertiary/aromatic N) is 3. The van der Waals surface area contributed by atoms with Crippen molar-refractivity contribution in [3.63, 3.8) is 0 Å². The average molecular weight is 154 g/mol. The fourth-order valence-electron chi connectivity index (χ4n) is 0.872. The molecule has 0 bridgehead atoms. The topological polar surface area (TPSA) is 42.2 Å². The Bertz CT molecular complexity index is 182. The van der Waals surface area contributed by atoms with Gasteiger partial charge in [-0.1, -0.05) is 13.8 Å². The molecule has 0 saturated heterocycles. The van der Waals surface area contributed by atoms with Gasteiger partial charge in [0.2, 0.25) is 5.89 Å². The van der Waals surface area contributed by atoms with Crippen molar-refractivity contribution >= 4 is 0 Å². The summed E-state index contributed by atoms with van der Waals surface area (Å²) in [5.41, 5.74) is 0. The van der Waals surface area contributed by atoms with Crippen LogP contribution in [0.25, 0.3) is 0 Å². The minimum Gasteiger partial charge on any atom is -0.416 e. The lowest BCUT2D eigenvalue weighted by molar-refractivity contribution is 0.262. The van der Waals surface area contributed by atoms with E-state index in [1.807, 2.05) is 0 Å². The molecule has 1 radical (unpaired) electrons. The van der Waals surface area contributed by atoms with Gasteiger partial charge >= 0.3 is 6.39 Å². The molecule has 0 fully saturated rings. The van der Waals surface area contributed by atoms with Crippen molar-refractivity contribution < 1.29 is 4.42 Å². The Hall–Kier alpha value is -0.900. The zero-order chi connectivity index (χ0) is 8.10. The van der Waals surface area contributed by atoms with Gasteiger partial charge in [0.15, 0.2) is 0 Å². The van der Waals surface area contributed by atoms with Crippen molar-refractivity contribution in [1.82, 2.24) is 15.1 Å². The Balaban J connectivity index is 2.41. The van der Waals surface area contributed by atoms with Gasteiger partial charge in [-0.05, 0) is 13.1 Å². The summed E-state index contributed by atoms with van der Waals surface area (Å²) < 4.78 is 4.88. The second-order valence-electron chi connectivity index (χ2n) is 2.25. The summed E-state index contributed by atoms with van der Waals surface area (Å²) in [5.74, 6) is 0.633. The highest BCUT2D eigenvalue weighted by atomic mass is 16.4. The van der Waals surface area contributed by atoms with Crippen LogP contribution < -0.4 is 0 Å². The summed E-state index contributed by atoms with van der Waals surface area (Å²) >= 11 is 0. The van der Waals surface area contributed by atoms with Crippen molar-refractivity contribution in [2.75, 3.05) is 13.1 Å². The van der Waals surface area contributed by atoms with Crippen molar-refractivity contribution in [2.45, 2.75) is 20.4 Å². The number of hydrogen-bond donors (Lipinski definition) is 0. The Morgan fingerprint density at radius 3 is 2.64 bits per heavy atom. The molecular weight excluding hydrogens is 142 g/mol. The molecule has 0 N–H and O–H groups in total.